The zero-order valence-corrected chi connectivity index (χ0v) is 15.9. The van der Waals surface area contributed by atoms with Gasteiger partial charge in [0, 0.05) is 0 Å². The number of carbonyl (C=O) groups is 2. The van der Waals surface area contributed by atoms with Gasteiger partial charge in [-0.25, -0.2) is 5.48 Å². The Balaban J connectivity index is 1.61. The SMILES string of the molecule is O=C(NO)C(=O)[C@H](CCCC1CCCCC1)c1nc(CN2CCCC2)no1. The molecule has 3 rings (SSSR count). The van der Waals surface area contributed by atoms with Crippen LogP contribution in [-0.4, -0.2) is 45.0 Å². The lowest BCUT2D eigenvalue weighted by Gasteiger charge is -2.21. The fourth-order valence-electron chi connectivity index (χ4n) is 4.28. The van der Waals surface area contributed by atoms with Crippen molar-refractivity contribution >= 4 is 11.7 Å². The van der Waals surface area contributed by atoms with Crippen molar-refractivity contribution in [2.24, 2.45) is 5.92 Å². The molecule has 2 N–H and O–H groups in total. The van der Waals surface area contributed by atoms with Gasteiger partial charge in [-0.1, -0.05) is 50.1 Å². The molecule has 1 amide bonds. The number of nitrogens with one attached hydrogen (secondary N) is 1. The predicted octanol–water partition coefficient (Wildman–Crippen LogP) is 2.57. The summed E-state index contributed by atoms with van der Waals surface area (Å²) in [5.41, 5.74) is 1.43. The molecule has 27 heavy (non-hydrogen) atoms. The number of hydrogen-bond acceptors (Lipinski definition) is 7. The maximum Gasteiger partial charge on any atom is 0.311 e. The fourth-order valence-corrected chi connectivity index (χ4v) is 4.28. The summed E-state index contributed by atoms with van der Waals surface area (Å²) in [6, 6.07) is 0. The van der Waals surface area contributed by atoms with Crippen molar-refractivity contribution in [3.05, 3.63) is 11.7 Å². The number of hydroxylamine groups is 1. The van der Waals surface area contributed by atoms with E-state index in [-0.39, 0.29) is 5.89 Å². The first-order valence-corrected chi connectivity index (χ1v) is 10.2. The Morgan fingerprint density at radius 1 is 1.19 bits per heavy atom. The number of Topliss-reactive ketones (excluding diaryl/α,β-unsaturated/α-hetero) is 1. The van der Waals surface area contributed by atoms with Gasteiger partial charge in [0.2, 0.25) is 11.7 Å². The van der Waals surface area contributed by atoms with Gasteiger partial charge in [0.15, 0.2) is 5.82 Å². The van der Waals surface area contributed by atoms with Crippen LogP contribution in [0, 0.1) is 5.92 Å². The first kappa shape index (κ1) is 19.9. The summed E-state index contributed by atoms with van der Waals surface area (Å²) in [7, 11) is 0. The number of likely N-dealkylation sites (tertiary alicyclic amines) is 1. The molecule has 8 heteroatoms. The van der Waals surface area contributed by atoms with Crippen LogP contribution < -0.4 is 5.48 Å². The largest absolute Gasteiger partial charge is 0.338 e. The Kier molecular flexibility index (Phi) is 7.34. The summed E-state index contributed by atoms with van der Waals surface area (Å²) in [5.74, 6) is -1.12. The topological polar surface area (TPSA) is 109 Å². The van der Waals surface area contributed by atoms with Crippen LogP contribution in [0.3, 0.4) is 0 Å². The van der Waals surface area contributed by atoms with Crippen molar-refractivity contribution in [1.82, 2.24) is 20.5 Å². The van der Waals surface area contributed by atoms with Crippen LogP contribution in [-0.2, 0) is 16.1 Å². The average Bonchev–Trinajstić information content (AvgIpc) is 3.37. The Hall–Kier alpha value is -1.80. The third-order valence-electron chi connectivity index (χ3n) is 5.82. The van der Waals surface area contributed by atoms with E-state index in [2.05, 4.69) is 15.0 Å². The summed E-state index contributed by atoms with van der Waals surface area (Å²) in [6.45, 7) is 2.62. The molecule has 2 fully saturated rings. The van der Waals surface area contributed by atoms with Crippen molar-refractivity contribution in [2.75, 3.05) is 13.1 Å². The lowest BCUT2D eigenvalue weighted by molar-refractivity contribution is -0.144. The van der Waals surface area contributed by atoms with Crippen LogP contribution >= 0.6 is 0 Å². The zero-order chi connectivity index (χ0) is 19.1. The van der Waals surface area contributed by atoms with Crippen molar-refractivity contribution in [3.8, 4) is 0 Å². The summed E-state index contributed by atoms with van der Waals surface area (Å²) in [6.07, 6.45) is 11.1. The normalized spacial score (nSPS) is 19.9. The second-order valence-corrected chi connectivity index (χ2v) is 7.82. The first-order chi connectivity index (χ1) is 13.2. The van der Waals surface area contributed by atoms with Crippen LogP contribution in [0.2, 0.25) is 0 Å². The van der Waals surface area contributed by atoms with E-state index >= 15 is 0 Å². The van der Waals surface area contributed by atoms with Crippen LogP contribution in [0.25, 0.3) is 0 Å². The zero-order valence-electron chi connectivity index (χ0n) is 15.9. The van der Waals surface area contributed by atoms with E-state index in [1.807, 2.05) is 0 Å². The number of carbonyl (C=O) groups excluding carboxylic acids is 2. The Morgan fingerprint density at radius 3 is 2.63 bits per heavy atom. The smallest absolute Gasteiger partial charge is 0.311 e. The molecule has 150 valence electrons. The molecule has 0 unspecified atom stereocenters. The molecule has 1 aliphatic carbocycles. The molecule has 0 spiro atoms. The highest BCUT2D eigenvalue weighted by Crippen LogP contribution is 2.30. The molecule has 1 aromatic heterocycles. The van der Waals surface area contributed by atoms with Crippen LogP contribution in [0.5, 0.6) is 0 Å². The van der Waals surface area contributed by atoms with E-state index in [0.29, 0.717) is 24.7 Å². The summed E-state index contributed by atoms with van der Waals surface area (Å²) in [5, 5.41) is 12.8. The van der Waals surface area contributed by atoms with Gasteiger partial charge in [0.1, 0.15) is 5.92 Å². The molecule has 0 aromatic carbocycles. The van der Waals surface area contributed by atoms with Crippen LogP contribution in [0.1, 0.15) is 81.8 Å². The minimum atomic E-state index is -1.03. The van der Waals surface area contributed by atoms with E-state index in [0.717, 1.165) is 25.9 Å². The quantitative estimate of drug-likeness (QED) is 0.386. The molecule has 1 saturated heterocycles. The standard InChI is InChI=1S/C19H30N4O4/c24-17(18(25)21-26)15(10-6-9-14-7-2-1-3-8-14)19-20-16(22-27-19)13-23-11-4-5-12-23/h14-15,26H,1-13H2,(H,21,25)/t15-/m0/s1. The highest BCUT2D eigenvalue weighted by Gasteiger charge is 2.32. The van der Waals surface area contributed by atoms with E-state index in [9.17, 15) is 9.59 Å². The van der Waals surface area contributed by atoms with E-state index < -0.39 is 17.6 Å². The summed E-state index contributed by atoms with van der Waals surface area (Å²) in [4.78, 5) is 30.7. The minimum absolute atomic E-state index is 0.182. The monoisotopic (exact) mass is 378 g/mol. The molecule has 1 atom stereocenters. The van der Waals surface area contributed by atoms with Gasteiger partial charge in [-0.2, -0.15) is 4.98 Å². The highest BCUT2D eigenvalue weighted by molar-refractivity contribution is 6.37. The minimum Gasteiger partial charge on any atom is -0.338 e. The van der Waals surface area contributed by atoms with Gasteiger partial charge >= 0.3 is 5.91 Å². The lowest BCUT2D eigenvalue weighted by atomic mass is 9.84. The third-order valence-corrected chi connectivity index (χ3v) is 5.82. The predicted molar refractivity (Wildman–Crippen MR) is 96.9 cm³/mol. The first-order valence-electron chi connectivity index (χ1n) is 10.2. The molecule has 0 bridgehead atoms. The van der Waals surface area contributed by atoms with Crippen molar-refractivity contribution < 1.29 is 19.3 Å². The van der Waals surface area contributed by atoms with Gasteiger partial charge in [0.05, 0.1) is 6.54 Å². The Bertz CT molecular complexity index is 621. The molecule has 0 radical (unpaired) electrons. The molecule has 1 saturated carbocycles. The van der Waals surface area contributed by atoms with Crippen molar-refractivity contribution in [3.63, 3.8) is 0 Å². The molecule has 2 aliphatic rings. The van der Waals surface area contributed by atoms with Gasteiger partial charge in [-0.3, -0.25) is 19.7 Å². The number of hydrogen-bond donors (Lipinski definition) is 2. The summed E-state index contributed by atoms with van der Waals surface area (Å²) >= 11 is 0. The third kappa shape index (κ3) is 5.59. The van der Waals surface area contributed by atoms with E-state index in [1.165, 1.54) is 50.4 Å². The second kappa shape index (κ2) is 9.94. The molecular weight excluding hydrogens is 348 g/mol. The van der Waals surface area contributed by atoms with Gasteiger partial charge in [-0.15, -0.1) is 0 Å². The van der Waals surface area contributed by atoms with Crippen molar-refractivity contribution in [1.29, 1.82) is 0 Å². The molecule has 8 nitrogen and oxygen atoms in total. The summed E-state index contributed by atoms with van der Waals surface area (Å²) < 4.78 is 5.33. The van der Waals surface area contributed by atoms with E-state index in [4.69, 9.17) is 9.73 Å². The van der Waals surface area contributed by atoms with Gasteiger partial charge in [-0.05, 0) is 38.3 Å². The van der Waals surface area contributed by atoms with Crippen molar-refractivity contribution in [2.45, 2.75) is 76.7 Å². The maximum atomic E-state index is 12.4. The van der Waals surface area contributed by atoms with Gasteiger partial charge in [0.25, 0.3) is 0 Å². The number of aromatic nitrogens is 2. The molecule has 1 aromatic rings. The van der Waals surface area contributed by atoms with Crippen LogP contribution in [0.15, 0.2) is 4.52 Å². The number of nitrogens with zero attached hydrogens (tertiary/aromatic N) is 3. The number of rotatable bonds is 9. The maximum absolute atomic E-state index is 12.4. The van der Waals surface area contributed by atoms with E-state index in [1.54, 1.807) is 0 Å². The second-order valence-electron chi connectivity index (χ2n) is 7.82. The van der Waals surface area contributed by atoms with Crippen LogP contribution in [0.4, 0.5) is 0 Å². The Labute approximate surface area is 159 Å². The molecule has 1 aliphatic heterocycles. The van der Waals surface area contributed by atoms with Gasteiger partial charge < -0.3 is 4.52 Å². The number of ketones is 1. The average molecular weight is 378 g/mol. The molecular formula is C19H30N4O4. The fraction of sp³-hybridized carbons (Fsp3) is 0.789. The highest BCUT2D eigenvalue weighted by atomic mass is 16.5. The Morgan fingerprint density at radius 2 is 1.93 bits per heavy atom. The number of amides is 1. The molecule has 2 heterocycles. The lowest BCUT2D eigenvalue weighted by Crippen LogP contribution is -2.32.